The molecule has 4 aromatic rings. The van der Waals surface area contributed by atoms with E-state index in [1.807, 2.05) is 49.4 Å². The Morgan fingerprint density at radius 1 is 1.22 bits per heavy atom. The van der Waals surface area contributed by atoms with Gasteiger partial charge >= 0.3 is 0 Å². The van der Waals surface area contributed by atoms with Gasteiger partial charge in [0.05, 0.1) is 7.11 Å². The van der Waals surface area contributed by atoms with Crippen molar-refractivity contribution in [3.8, 4) is 17.1 Å². The van der Waals surface area contributed by atoms with E-state index in [1.54, 1.807) is 7.11 Å². The van der Waals surface area contributed by atoms with E-state index in [-0.39, 0.29) is 11.7 Å². The first-order valence-electron chi connectivity index (χ1n) is 8.03. The van der Waals surface area contributed by atoms with Gasteiger partial charge in [0.15, 0.2) is 11.6 Å². The number of fused-ring (bicyclic) bond motifs is 1. The van der Waals surface area contributed by atoms with Crippen LogP contribution in [0.2, 0.25) is 0 Å². The number of benzene rings is 2. The van der Waals surface area contributed by atoms with Crippen LogP contribution in [0.1, 0.15) is 16.1 Å². The third-order valence-electron chi connectivity index (χ3n) is 4.10. The molecule has 2 aromatic carbocycles. The summed E-state index contributed by atoms with van der Waals surface area (Å²) >= 11 is 4.55. The Balaban J connectivity index is 1.57. The monoisotopic (exact) mass is 443 g/mol. The molecule has 0 aliphatic carbocycles. The quantitative estimate of drug-likeness (QED) is 0.463. The molecule has 0 aliphatic heterocycles. The Bertz CT molecular complexity index is 1140. The summed E-state index contributed by atoms with van der Waals surface area (Å²) in [6.45, 7) is 1.86. The number of methoxy groups -OCH3 is 1. The van der Waals surface area contributed by atoms with Gasteiger partial charge in [0.1, 0.15) is 11.3 Å². The van der Waals surface area contributed by atoms with Gasteiger partial charge in [-0.1, -0.05) is 15.9 Å². The molecule has 0 saturated heterocycles. The van der Waals surface area contributed by atoms with Gasteiger partial charge in [-0.3, -0.25) is 10.1 Å². The summed E-state index contributed by atoms with van der Waals surface area (Å²) < 4.78 is 16.1. The number of furan rings is 1. The van der Waals surface area contributed by atoms with Crippen molar-refractivity contribution in [2.24, 2.45) is 0 Å². The molecule has 0 unspecified atom stereocenters. The molecule has 8 heteroatoms. The zero-order valence-electron chi connectivity index (χ0n) is 14.4. The zero-order chi connectivity index (χ0) is 19.0. The molecule has 0 bridgehead atoms. The normalized spacial score (nSPS) is 10.9. The largest absolute Gasteiger partial charge is 0.497 e. The van der Waals surface area contributed by atoms with Crippen molar-refractivity contribution >= 4 is 49.5 Å². The number of rotatable bonds is 4. The minimum Gasteiger partial charge on any atom is -0.497 e. The molecule has 0 fully saturated rings. The molecular formula is C19H14BrN3O3S. The van der Waals surface area contributed by atoms with Gasteiger partial charge < -0.3 is 9.15 Å². The van der Waals surface area contributed by atoms with Crippen molar-refractivity contribution in [2.75, 3.05) is 12.4 Å². The highest BCUT2D eigenvalue weighted by molar-refractivity contribution is 9.10. The lowest BCUT2D eigenvalue weighted by atomic mass is 10.1. The number of hydrogen-bond acceptors (Lipinski definition) is 6. The van der Waals surface area contributed by atoms with Crippen molar-refractivity contribution < 1.29 is 13.9 Å². The lowest BCUT2D eigenvalue weighted by molar-refractivity contribution is 0.0998. The minimum atomic E-state index is -0.350. The van der Waals surface area contributed by atoms with E-state index in [2.05, 4.69) is 30.6 Å². The van der Waals surface area contributed by atoms with E-state index in [0.29, 0.717) is 16.5 Å². The van der Waals surface area contributed by atoms with Gasteiger partial charge in [-0.25, -0.2) is 0 Å². The minimum absolute atomic E-state index is 0.268. The van der Waals surface area contributed by atoms with Crippen molar-refractivity contribution in [1.29, 1.82) is 0 Å². The standard InChI is InChI=1S/C19H14BrN3O3S/c1-10-14-9-12(20)5-8-15(14)26-16(10)18(24)22-19-21-17(23-27-19)11-3-6-13(25-2)7-4-11/h3-9H,1-2H3,(H,21,22,23,24). The number of anilines is 1. The predicted octanol–water partition coefficient (Wildman–Crippen LogP) is 5.28. The Kier molecular flexibility index (Phi) is 4.67. The molecule has 0 aliphatic rings. The van der Waals surface area contributed by atoms with Crippen LogP contribution in [-0.4, -0.2) is 22.4 Å². The number of amides is 1. The van der Waals surface area contributed by atoms with E-state index in [0.717, 1.165) is 38.3 Å². The number of ether oxygens (including phenoxy) is 1. The maximum atomic E-state index is 12.6. The van der Waals surface area contributed by atoms with E-state index < -0.39 is 0 Å². The molecule has 136 valence electrons. The molecule has 2 heterocycles. The summed E-state index contributed by atoms with van der Waals surface area (Å²) in [5.41, 5.74) is 2.29. The van der Waals surface area contributed by atoms with Crippen LogP contribution in [0, 0.1) is 6.92 Å². The van der Waals surface area contributed by atoms with Crippen LogP contribution in [0.3, 0.4) is 0 Å². The lowest BCUT2D eigenvalue weighted by Gasteiger charge is -2.00. The van der Waals surface area contributed by atoms with Crippen LogP contribution < -0.4 is 10.1 Å². The molecule has 1 amide bonds. The van der Waals surface area contributed by atoms with E-state index in [9.17, 15) is 4.79 Å². The summed E-state index contributed by atoms with van der Waals surface area (Å²) in [6.07, 6.45) is 0. The van der Waals surface area contributed by atoms with Crippen molar-refractivity contribution in [3.05, 3.63) is 58.3 Å². The van der Waals surface area contributed by atoms with Crippen LogP contribution in [0.5, 0.6) is 5.75 Å². The second-order valence-electron chi connectivity index (χ2n) is 5.80. The number of carbonyl (C=O) groups excluding carboxylic acids is 1. The topological polar surface area (TPSA) is 77.2 Å². The Labute approximate surface area is 167 Å². The Morgan fingerprint density at radius 3 is 2.74 bits per heavy atom. The SMILES string of the molecule is COc1ccc(-c2nsc(NC(=O)c3oc4ccc(Br)cc4c3C)n2)cc1. The van der Waals surface area contributed by atoms with Gasteiger partial charge in [0.25, 0.3) is 5.91 Å². The van der Waals surface area contributed by atoms with Gasteiger partial charge in [-0.05, 0) is 49.4 Å². The summed E-state index contributed by atoms with van der Waals surface area (Å²) in [6, 6.07) is 13.0. The molecule has 2 aromatic heterocycles. The Hall–Kier alpha value is -2.71. The fraction of sp³-hybridized carbons (Fsp3) is 0.105. The van der Waals surface area contributed by atoms with Gasteiger partial charge in [0.2, 0.25) is 5.13 Å². The number of carbonyl (C=O) groups is 1. The number of aromatic nitrogens is 2. The maximum absolute atomic E-state index is 12.6. The molecule has 0 radical (unpaired) electrons. The molecule has 0 atom stereocenters. The first kappa shape index (κ1) is 17.7. The third-order valence-corrected chi connectivity index (χ3v) is 5.22. The number of nitrogens with zero attached hydrogens (tertiary/aromatic N) is 2. The Morgan fingerprint density at radius 2 is 2.00 bits per heavy atom. The molecule has 1 N–H and O–H groups in total. The number of nitrogens with one attached hydrogen (secondary N) is 1. The summed E-state index contributed by atoms with van der Waals surface area (Å²) in [5, 5.41) is 4.07. The first-order valence-corrected chi connectivity index (χ1v) is 9.60. The maximum Gasteiger partial charge on any atom is 0.293 e. The molecule has 0 spiro atoms. The highest BCUT2D eigenvalue weighted by Crippen LogP contribution is 2.29. The number of hydrogen-bond donors (Lipinski definition) is 1. The fourth-order valence-corrected chi connectivity index (χ4v) is 3.64. The van der Waals surface area contributed by atoms with Crippen LogP contribution >= 0.6 is 27.5 Å². The van der Waals surface area contributed by atoms with Crippen molar-refractivity contribution in [2.45, 2.75) is 6.92 Å². The van der Waals surface area contributed by atoms with E-state index in [1.165, 1.54) is 0 Å². The van der Waals surface area contributed by atoms with Gasteiger partial charge in [-0.2, -0.15) is 9.36 Å². The second-order valence-corrected chi connectivity index (χ2v) is 7.47. The lowest BCUT2D eigenvalue weighted by Crippen LogP contribution is -2.11. The molecule has 27 heavy (non-hydrogen) atoms. The third kappa shape index (κ3) is 3.45. The van der Waals surface area contributed by atoms with Crippen LogP contribution in [0.15, 0.2) is 51.4 Å². The number of halogens is 1. The second kappa shape index (κ2) is 7.13. The summed E-state index contributed by atoms with van der Waals surface area (Å²) in [4.78, 5) is 17.0. The van der Waals surface area contributed by atoms with Crippen molar-refractivity contribution in [3.63, 3.8) is 0 Å². The number of aryl methyl sites for hydroxylation is 1. The van der Waals surface area contributed by atoms with Gasteiger partial charge in [0, 0.05) is 32.5 Å². The molecule has 0 saturated carbocycles. The summed E-state index contributed by atoms with van der Waals surface area (Å²) in [5.74, 6) is 1.22. The van der Waals surface area contributed by atoms with E-state index in [4.69, 9.17) is 9.15 Å². The predicted molar refractivity (Wildman–Crippen MR) is 109 cm³/mol. The van der Waals surface area contributed by atoms with Crippen LogP contribution in [0.4, 0.5) is 5.13 Å². The summed E-state index contributed by atoms with van der Waals surface area (Å²) in [7, 11) is 1.61. The van der Waals surface area contributed by atoms with Gasteiger partial charge in [-0.15, -0.1) is 0 Å². The molecule has 4 rings (SSSR count). The highest BCUT2D eigenvalue weighted by atomic mass is 79.9. The average molecular weight is 444 g/mol. The zero-order valence-corrected chi connectivity index (χ0v) is 16.8. The first-order chi connectivity index (χ1) is 13.0. The molecular weight excluding hydrogens is 430 g/mol. The highest BCUT2D eigenvalue weighted by Gasteiger charge is 2.19. The van der Waals surface area contributed by atoms with Crippen molar-refractivity contribution in [1.82, 2.24) is 9.36 Å². The average Bonchev–Trinajstić information content (AvgIpc) is 3.27. The van der Waals surface area contributed by atoms with E-state index >= 15 is 0 Å². The fourth-order valence-electron chi connectivity index (χ4n) is 2.70. The molecule has 6 nitrogen and oxygen atoms in total. The van der Waals surface area contributed by atoms with Crippen LogP contribution in [0.25, 0.3) is 22.4 Å². The van der Waals surface area contributed by atoms with Crippen LogP contribution in [-0.2, 0) is 0 Å². The smallest absolute Gasteiger partial charge is 0.293 e.